The number of rotatable bonds is 11. The molecule has 10 heteroatoms. The van der Waals surface area contributed by atoms with E-state index in [1.165, 1.54) is 11.1 Å². The Balaban J connectivity index is 1.14. The van der Waals surface area contributed by atoms with E-state index >= 15 is 0 Å². The standard InChI is InChI=1S/C37H47N6O2PS/c1-6-17-36(18-7-20-42(36)32(44)24(2)3)34-38-23-31(41-34)28-14-11-26(12-15-28)9-10-27-13-16-29-30(22-27)40-35(39-29)37(47)19-8-21-43(37)33(45)25(4)46-5/h11-16,22-25,47H,5-10,17-21H2,1-4H3,(H,38,41)(H,39,40). The molecule has 0 bridgehead atoms. The van der Waals surface area contributed by atoms with E-state index in [0.717, 1.165) is 100 Å². The Morgan fingerprint density at radius 1 is 0.957 bits per heavy atom. The van der Waals surface area contributed by atoms with Crippen LogP contribution in [0.3, 0.4) is 0 Å². The summed E-state index contributed by atoms with van der Waals surface area (Å²) in [5.41, 5.74) is 5.91. The highest BCUT2D eigenvalue weighted by molar-refractivity contribution is 7.81. The van der Waals surface area contributed by atoms with E-state index in [2.05, 4.69) is 70.6 Å². The highest BCUT2D eigenvalue weighted by atomic mass is 32.1. The van der Waals surface area contributed by atoms with Gasteiger partial charge in [-0.1, -0.05) is 72.0 Å². The SMILES string of the molecule is C=PC(C)C(=O)N1CCCC1(S)c1nc2ccc(CCc3ccc(-c4cnc(C5(CCC)CCCN5C(=O)C(C)C)[nH]4)cc3)cc2[nH]1. The summed E-state index contributed by atoms with van der Waals surface area (Å²) in [6.07, 6.45) is 13.1. The third-order valence-electron chi connectivity index (χ3n) is 10.1. The number of amides is 2. The maximum Gasteiger partial charge on any atom is 0.235 e. The molecular weight excluding hydrogens is 623 g/mol. The van der Waals surface area contributed by atoms with Gasteiger partial charge >= 0.3 is 0 Å². The molecule has 2 fully saturated rings. The van der Waals surface area contributed by atoms with Crippen LogP contribution in [-0.2, 0) is 32.8 Å². The number of hydrogen-bond acceptors (Lipinski definition) is 5. The molecule has 2 aliphatic rings. The smallest absolute Gasteiger partial charge is 0.235 e. The third-order valence-corrected chi connectivity index (χ3v) is 11.5. The van der Waals surface area contributed by atoms with Crippen LogP contribution in [0.5, 0.6) is 0 Å². The van der Waals surface area contributed by atoms with Crippen LogP contribution in [-0.4, -0.2) is 66.6 Å². The number of benzene rings is 2. The van der Waals surface area contributed by atoms with Crippen molar-refractivity contribution in [3.63, 3.8) is 0 Å². The van der Waals surface area contributed by atoms with Gasteiger partial charge in [0.05, 0.1) is 28.6 Å². The molecule has 2 aliphatic heterocycles. The second-order valence-electron chi connectivity index (χ2n) is 13.6. The van der Waals surface area contributed by atoms with Gasteiger partial charge < -0.3 is 19.8 Å². The summed E-state index contributed by atoms with van der Waals surface area (Å²) in [4.78, 5) is 46.3. The number of aryl methyl sites for hydroxylation is 2. The summed E-state index contributed by atoms with van der Waals surface area (Å²) in [6.45, 7) is 9.54. The van der Waals surface area contributed by atoms with Crippen LogP contribution < -0.4 is 0 Å². The lowest BCUT2D eigenvalue weighted by Crippen LogP contribution is -2.47. The second-order valence-corrected chi connectivity index (χ2v) is 15.5. The Kier molecular flexibility index (Phi) is 9.69. The molecule has 0 aliphatic carbocycles. The van der Waals surface area contributed by atoms with E-state index in [1.807, 2.05) is 31.9 Å². The largest absolute Gasteiger partial charge is 0.340 e. The molecule has 4 heterocycles. The molecule has 6 rings (SSSR count). The van der Waals surface area contributed by atoms with Gasteiger partial charge in [0.25, 0.3) is 0 Å². The molecule has 2 aromatic heterocycles. The Labute approximate surface area is 285 Å². The van der Waals surface area contributed by atoms with Crippen molar-refractivity contribution in [3.8, 4) is 11.3 Å². The van der Waals surface area contributed by atoms with E-state index in [4.69, 9.17) is 22.6 Å². The van der Waals surface area contributed by atoms with Crippen LogP contribution in [0.15, 0.2) is 48.7 Å². The first-order chi connectivity index (χ1) is 22.6. The van der Waals surface area contributed by atoms with Crippen molar-refractivity contribution in [2.24, 2.45) is 5.92 Å². The average molecular weight is 671 g/mol. The number of aromatic nitrogens is 4. The molecule has 0 spiro atoms. The van der Waals surface area contributed by atoms with Crippen LogP contribution >= 0.6 is 20.8 Å². The topological polar surface area (TPSA) is 98.0 Å². The Bertz CT molecular complexity index is 1770. The average Bonchev–Trinajstić information content (AvgIpc) is 3.89. The molecule has 47 heavy (non-hydrogen) atoms. The van der Waals surface area contributed by atoms with Gasteiger partial charge in [0.1, 0.15) is 22.1 Å². The minimum atomic E-state index is -0.731. The predicted molar refractivity (Wildman–Crippen MR) is 195 cm³/mol. The number of fused-ring (bicyclic) bond motifs is 1. The monoisotopic (exact) mass is 670 g/mol. The molecule has 8 nitrogen and oxygen atoms in total. The zero-order chi connectivity index (χ0) is 33.3. The fraction of sp³-hybridized carbons (Fsp3) is 0.486. The Morgan fingerprint density at radius 2 is 1.66 bits per heavy atom. The quantitative estimate of drug-likeness (QED) is 0.114. The van der Waals surface area contributed by atoms with Crippen molar-refractivity contribution >= 4 is 50.0 Å². The van der Waals surface area contributed by atoms with Gasteiger partial charge in [-0.3, -0.25) is 9.59 Å². The lowest BCUT2D eigenvalue weighted by atomic mass is 9.89. The van der Waals surface area contributed by atoms with E-state index in [1.54, 1.807) is 0 Å². The van der Waals surface area contributed by atoms with Gasteiger partial charge in [-0.2, -0.15) is 0 Å². The van der Waals surface area contributed by atoms with Crippen LogP contribution in [0.25, 0.3) is 22.3 Å². The minimum Gasteiger partial charge on any atom is -0.340 e. The molecule has 0 saturated carbocycles. The number of hydrogen-bond donors (Lipinski definition) is 3. The van der Waals surface area contributed by atoms with Crippen molar-refractivity contribution in [1.82, 2.24) is 29.7 Å². The van der Waals surface area contributed by atoms with Crippen molar-refractivity contribution in [2.45, 2.75) is 95.1 Å². The van der Waals surface area contributed by atoms with E-state index < -0.39 is 4.87 Å². The number of nitrogens with zero attached hydrogens (tertiary/aromatic N) is 4. The first kappa shape index (κ1) is 33.5. The van der Waals surface area contributed by atoms with E-state index in [9.17, 15) is 9.59 Å². The molecule has 2 aromatic carbocycles. The zero-order valence-corrected chi connectivity index (χ0v) is 29.8. The van der Waals surface area contributed by atoms with Crippen LogP contribution in [0.2, 0.25) is 0 Å². The number of nitrogens with one attached hydrogen (secondary N) is 2. The lowest BCUT2D eigenvalue weighted by molar-refractivity contribution is -0.139. The highest BCUT2D eigenvalue weighted by Crippen LogP contribution is 2.44. The number of imidazole rings is 2. The van der Waals surface area contributed by atoms with Crippen molar-refractivity contribution in [1.29, 1.82) is 0 Å². The predicted octanol–water partition coefficient (Wildman–Crippen LogP) is 7.48. The normalized spacial score (nSPS) is 22.2. The molecule has 3 unspecified atom stereocenters. The number of likely N-dealkylation sites (tertiary alicyclic amines) is 2. The van der Waals surface area contributed by atoms with Gasteiger partial charge in [0.15, 0.2) is 0 Å². The zero-order valence-electron chi connectivity index (χ0n) is 28.1. The summed E-state index contributed by atoms with van der Waals surface area (Å²) < 4.78 is 0. The number of aromatic amines is 2. The number of H-pyrrole nitrogens is 2. The Morgan fingerprint density at radius 3 is 2.38 bits per heavy atom. The van der Waals surface area contributed by atoms with Gasteiger partial charge in [-0.25, -0.2) is 9.97 Å². The minimum absolute atomic E-state index is 0.0302. The summed E-state index contributed by atoms with van der Waals surface area (Å²) in [5.74, 6) is 1.90. The van der Waals surface area contributed by atoms with E-state index in [0.29, 0.717) is 6.54 Å². The van der Waals surface area contributed by atoms with Gasteiger partial charge in [-0.05, 0) is 80.7 Å². The van der Waals surface area contributed by atoms with Crippen LogP contribution in [0.1, 0.15) is 89.0 Å². The maximum atomic E-state index is 13.1. The summed E-state index contributed by atoms with van der Waals surface area (Å²) in [6, 6.07) is 15.1. The number of carbonyl (C=O) groups excluding carboxylic acids is 2. The van der Waals surface area contributed by atoms with Crippen molar-refractivity contribution in [2.75, 3.05) is 13.1 Å². The molecule has 2 saturated heterocycles. The lowest BCUT2D eigenvalue weighted by Gasteiger charge is -2.38. The molecule has 3 atom stereocenters. The summed E-state index contributed by atoms with van der Waals surface area (Å²) in [7, 11) is 0.814. The first-order valence-corrected chi connectivity index (χ1v) is 18.6. The molecule has 0 radical (unpaired) electrons. The van der Waals surface area contributed by atoms with Gasteiger partial charge in [0.2, 0.25) is 11.8 Å². The molecule has 2 N–H and O–H groups in total. The van der Waals surface area contributed by atoms with Crippen LogP contribution in [0.4, 0.5) is 0 Å². The first-order valence-electron chi connectivity index (χ1n) is 17.0. The fourth-order valence-corrected chi connectivity index (χ4v) is 8.20. The number of carbonyl (C=O) groups is 2. The van der Waals surface area contributed by atoms with E-state index in [-0.39, 0.29) is 28.9 Å². The summed E-state index contributed by atoms with van der Waals surface area (Å²) >= 11 is 5.02. The third kappa shape index (κ3) is 6.29. The second kappa shape index (κ2) is 13.6. The molecule has 248 valence electrons. The van der Waals surface area contributed by atoms with Crippen molar-refractivity contribution in [3.05, 3.63) is 71.4 Å². The Hall–Kier alpha value is -3.42. The van der Waals surface area contributed by atoms with Crippen molar-refractivity contribution < 1.29 is 9.59 Å². The maximum absolute atomic E-state index is 13.1. The van der Waals surface area contributed by atoms with Gasteiger partial charge in [0, 0.05) is 19.0 Å². The molecule has 2 amide bonds. The fourth-order valence-electron chi connectivity index (χ4n) is 7.44. The van der Waals surface area contributed by atoms with Gasteiger partial charge in [-0.15, -0.1) is 12.6 Å². The molecular formula is C37H47N6O2PS. The number of thiol groups is 1. The summed E-state index contributed by atoms with van der Waals surface area (Å²) in [5, 5.41) is 0. The molecule has 4 aromatic rings. The highest BCUT2D eigenvalue weighted by Gasteiger charge is 2.47. The van der Waals surface area contributed by atoms with Crippen LogP contribution in [0, 0.1) is 5.92 Å².